The fourth-order valence-corrected chi connectivity index (χ4v) is 3.41. The Morgan fingerprint density at radius 2 is 1.69 bits per heavy atom. The SMILES string of the molecule is NC(=O)c1c(-c2ccc(Oc3ccccc3)cc2)[nH]n2c1nc1ccc(N)cc12. The summed E-state index contributed by atoms with van der Waals surface area (Å²) in [7, 11) is 0. The number of hydrogen-bond donors (Lipinski definition) is 3. The number of carbonyl (C=O) groups excluding carboxylic acids is 1. The van der Waals surface area contributed by atoms with Crippen molar-refractivity contribution in [2.45, 2.75) is 0 Å². The largest absolute Gasteiger partial charge is 0.457 e. The van der Waals surface area contributed by atoms with E-state index >= 15 is 0 Å². The molecule has 0 radical (unpaired) electrons. The van der Waals surface area contributed by atoms with Gasteiger partial charge in [-0.2, -0.15) is 0 Å². The quantitative estimate of drug-likeness (QED) is 0.408. The van der Waals surface area contributed by atoms with Crippen LogP contribution in [0, 0.1) is 0 Å². The smallest absolute Gasteiger partial charge is 0.254 e. The highest BCUT2D eigenvalue weighted by molar-refractivity contribution is 6.06. The third-order valence-electron chi connectivity index (χ3n) is 4.74. The van der Waals surface area contributed by atoms with E-state index in [0.29, 0.717) is 28.3 Å². The molecule has 0 saturated heterocycles. The Kier molecular flexibility index (Phi) is 3.74. The van der Waals surface area contributed by atoms with Crippen LogP contribution >= 0.6 is 0 Å². The van der Waals surface area contributed by atoms with Crippen molar-refractivity contribution in [3.05, 3.63) is 78.4 Å². The molecule has 0 unspecified atom stereocenters. The molecule has 0 fully saturated rings. The monoisotopic (exact) mass is 383 g/mol. The van der Waals surface area contributed by atoms with Crippen LogP contribution in [0.4, 0.5) is 5.69 Å². The first kappa shape index (κ1) is 16.9. The van der Waals surface area contributed by atoms with Crippen molar-refractivity contribution in [1.82, 2.24) is 14.6 Å². The van der Waals surface area contributed by atoms with Crippen LogP contribution in [0.3, 0.4) is 0 Å². The molecule has 7 nitrogen and oxygen atoms in total. The number of nitrogens with one attached hydrogen (secondary N) is 1. The van der Waals surface area contributed by atoms with E-state index in [4.69, 9.17) is 16.2 Å². The van der Waals surface area contributed by atoms with Gasteiger partial charge in [-0.05, 0) is 54.6 Å². The third kappa shape index (κ3) is 2.85. The molecule has 0 saturated carbocycles. The van der Waals surface area contributed by atoms with Crippen LogP contribution in [-0.4, -0.2) is 20.5 Å². The van der Waals surface area contributed by atoms with Crippen molar-refractivity contribution < 1.29 is 9.53 Å². The summed E-state index contributed by atoms with van der Waals surface area (Å²) in [6.45, 7) is 0. The molecular weight excluding hydrogens is 366 g/mol. The van der Waals surface area contributed by atoms with Crippen molar-refractivity contribution in [3.63, 3.8) is 0 Å². The maximum Gasteiger partial charge on any atom is 0.254 e. The average Bonchev–Trinajstić information content (AvgIpc) is 3.25. The van der Waals surface area contributed by atoms with Gasteiger partial charge in [0.15, 0.2) is 5.65 Å². The molecule has 0 atom stereocenters. The number of fused-ring (bicyclic) bond motifs is 3. The molecule has 5 aromatic rings. The number of amides is 1. The molecule has 0 aliphatic carbocycles. The van der Waals surface area contributed by atoms with Crippen molar-refractivity contribution in [1.29, 1.82) is 0 Å². The molecule has 1 amide bonds. The lowest BCUT2D eigenvalue weighted by molar-refractivity contribution is 0.100. The molecule has 0 aliphatic rings. The number of benzene rings is 3. The minimum Gasteiger partial charge on any atom is -0.457 e. The molecule has 0 bridgehead atoms. The maximum atomic E-state index is 12.2. The first-order chi connectivity index (χ1) is 14.1. The van der Waals surface area contributed by atoms with Crippen LogP contribution in [-0.2, 0) is 0 Å². The van der Waals surface area contributed by atoms with E-state index in [1.54, 1.807) is 16.6 Å². The molecule has 2 aromatic heterocycles. The van der Waals surface area contributed by atoms with Crippen LogP contribution in [0.15, 0.2) is 72.8 Å². The molecule has 5 N–H and O–H groups in total. The summed E-state index contributed by atoms with van der Waals surface area (Å²) in [5, 5.41) is 3.24. The van der Waals surface area contributed by atoms with E-state index < -0.39 is 5.91 Å². The van der Waals surface area contributed by atoms with E-state index in [9.17, 15) is 4.79 Å². The number of anilines is 1. The molecule has 5 rings (SSSR count). The van der Waals surface area contributed by atoms with Gasteiger partial charge in [0.2, 0.25) is 0 Å². The highest BCUT2D eigenvalue weighted by atomic mass is 16.5. The van der Waals surface area contributed by atoms with E-state index in [1.165, 1.54) is 0 Å². The van der Waals surface area contributed by atoms with Gasteiger partial charge in [-0.15, -0.1) is 0 Å². The number of rotatable bonds is 4. The minimum absolute atomic E-state index is 0.330. The Morgan fingerprint density at radius 3 is 2.41 bits per heavy atom. The van der Waals surface area contributed by atoms with Crippen LogP contribution in [0.25, 0.3) is 27.9 Å². The van der Waals surface area contributed by atoms with Crippen LogP contribution < -0.4 is 16.2 Å². The number of ether oxygens (including phenoxy) is 1. The number of hydrogen-bond acceptors (Lipinski definition) is 4. The van der Waals surface area contributed by atoms with Crippen molar-refractivity contribution in [3.8, 4) is 22.8 Å². The van der Waals surface area contributed by atoms with Crippen molar-refractivity contribution in [2.75, 3.05) is 5.73 Å². The van der Waals surface area contributed by atoms with Gasteiger partial charge in [0.1, 0.15) is 17.1 Å². The maximum absolute atomic E-state index is 12.2. The third-order valence-corrected chi connectivity index (χ3v) is 4.74. The Hall–Kier alpha value is -4.26. The number of primary amides is 1. The second-order valence-corrected chi connectivity index (χ2v) is 6.68. The van der Waals surface area contributed by atoms with Gasteiger partial charge in [0, 0.05) is 11.3 Å². The number of nitrogens with zero attached hydrogens (tertiary/aromatic N) is 2. The first-order valence-corrected chi connectivity index (χ1v) is 9.03. The Labute approximate surface area is 165 Å². The second-order valence-electron chi connectivity index (χ2n) is 6.68. The van der Waals surface area contributed by atoms with Gasteiger partial charge < -0.3 is 16.2 Å². The molecule has 7 heteroatoms. The topological polar surface area (TPSA) is 111 Å². The summed E-state index contributed by atoms with van der Waals surface area (Å²) in [6.07, 6.45) is 0. The lowest BCUT2D eigenvalue weighted by Crippen LogP contribution is -2.12. The molecule has 29 heavy (non-hydrogen) atoms. The normalized spacial score (nSPS) is 11.2. The van der Waals surface area contributed by atoms with Crippen LogP contribution in [0.5, 0.6) is 11.5 Å². The lowest BCUT2D eigenvalue weighted by atomic mass is 10.1. The zero-order chi connectivity index (χ0) is 20.0. The number of H-pyrrole nitrogens is 1. The molecule has 0 spiro atoms. The van der Waals surface area contributed by atoms with Crippen molar-refractivity contribution >= 4 is 28.3 Å². The van der Waals surface area contributed by atoms with E-state index in [2.05, 4.69) is 10.1 Å². The van der Waals surface area contributed by atoms with Crippen molar-refractivity contribution in [2.24, 2.45) is 5.73 Å². The number of carbonyl (C=O) groups is 1. The number of nitrogen functional groups attached to an aromatic ring is 1. The molecule has 2 heterocycles. The predicted molar refractivity (Wildman–Crippen MR) is 112 cm³/mol. The van der Waals surface area contributed by atoms with Crippen LogP contribution in [0.2, 0.25) is 0 Å². The van der Waals surface area contributed by atoms with E-state index in [0.717, 1.165) is 22.3 Å². The fraction of sp³-hybridized carbons (Fsp3) is 0. The number of aromatic amines is 1. The van der Waals surface area contributed by atoms with Gasteiger partial charge >= 0.3 is 0 Å². The predicted octanol–water partition coefficient (Wildman–Crippen LogP) is 3.96. The summed E-state index contributed by atoms with van der Waals surface area (Å²) in [5.74, 6) is 0.884. The molecular formula is C22H17N5O2. The first-order valence-electron chi connectivity index (χ1n) is 9.03. The number of para-hydroxylation sites is 1. The summed E-state index contributed by atoms with van der Waals surface area (Å²) < 4.78 is 7.56. The summed E-state index contributed by atoms with van der Waals surface area (Å²) in [4.78, 5) is 16.8. The van der Waals surface area contributed by atoms with Gasteiger partial charge in [-0.3, -0.25) is 9.89 Å². The second kappa shape index (κ2) is 6.42. The summed E-state index contributed by atoms with van der Waals surface area (Å²) in [5.41, 5.74) is 15.9. The van der Waals surface area contributed by atoms with Gasteiger partial charge in [0.05, 0.1) is 16.7 Å². The van der Waals surface area contributed by atoms with Gasteiger partial charge in [0.25, 0.3) is 5.91 Å². The lowest BCUT2D eigenvalue weighted by Gasteiger charge is -2.07. The van der Waals surface area contributed by atoms with Gasteiger partial charge in [-0.1, -0.05) is 18.2 Å². The van der Waals surface area contributed by atoms with E-state index in [-0.39, 0.29) is 0 Å². The summed E-state index contributed by atoms with van der Waals surface area (Å²) in [6, 6.07) is 22.3. The minimum atomic E-state index is -0.556. The zero-order valence-corrected chi connectivity index (χ0v) is 15.3. The number of nitrogens with two attached hydrogens (primary N) is 2. The standard InChI is InChI=1S/C22H17N5O2/c23-14-8-11-17-18(12-14)27-22(25-17)19(21(24)28)20(26-27)13-6-9-16(10-7-13)29-15-4-2-1-3-5-15/h1-12,26H,23H2,(H2,24,28). The van der Waals surface area contributed by atoms with Gasteiger partial charge in [-0.25, -0.2) is 9.50 Å². The highest BCUT2D eigenvalue weighted by Gasteiger charge is 2.21. The average molecular weight is 383 g/mol. The Morgan fingerprint density at radius 1 is 0.966 bits per heavy atom. The zero-order valence-electron chi connectivity index (χ0n) is 15.3. The summed E-state index contributed by atoms with van der Waals surface area (Å²) >= 11 is 0. The highest BCUT2D eigenvalue weighted by Crippen LogP contribution is 2.31. The fourth-order valence-electron chi connectivity index (χ4n) is 3.41. The Bertz CT molecular complexity index is 1350. The molecule has 142 valence electrons. The number of aromatic nitrogens is 3. The van der Waals surface area contributed by atoms with Crippen LogP contribution in [0.1, 0.15) is 10.4 Å². The number of imidazole rings is 1. The molecule has 3 aromatic carbocycles. The van der Waals surface area contributed by atoms with E-state index in [1.807, 2.05) is 60.7 Å². The molecule has 0 aliphatic heterocycles. The Balaban J connectivity index is 1.59.